The van der Waals surface area contributed by atoms with Crippen molar-refractivity contribution in [2.24, 2.45) is 5.92 Å². The number of hydrogen-bond acceptors (Lipinski definition) is 3. The third-order valence-corrected chi connectivity index (χ3v) is 3.60. The third-order valence-electron chi connectivity index (χ3n) is 3.60. The number of hydrogen-bond donors (Lipinski definition) is 0. The first-order valence-electron chi connectivity index (χ1n) is 7.43. The minimum absolute atomic E-state index is 0.278. The summed E-state index contributed by atoms with van der Waals surface area (Å²) in [6.45, 7) is 7.56. The lowest BCUT2D eigenvalue weighted by Gasteiger charge is -2.31. The molecule has 0 unspecified atom stereocenters. The van der Waals surface area contributed by atoms with Crippen LogP contribution in [0.1, 0.15) is 44.0 Å². The monoisotopic (exact) mass is 285 g/mol. The van der Waals surface area contributed by atoms with Crippen molar-refractivity contribution in [3.8, 4) is 12.3 Å². The van der Waals surface area contributed by atoms with Crippen molar-refractivity contribution in [1.29, 1.82) is 0 Å². The summed E-state index contributed by atoms with van der Waals surface area (Å²) in [5.74, 6) is 2.96. The summed E-state index contributed by atoms with van der Waals surface area (Å²) in [6, 6.07) is 7.62. The van der Waals surface area contributed by atoms with Crippen LogP contribution < -0.4 is 4.90 Å². The van der Waals surface area contributed by atoms with Crippen molar-refractivity contribution >= 4 is 11.7 Å². The van der Waals surface area contributed by atoms with Crippen molar-refractivity contribution in [2.45, 2.75) is 39.2 Å². The Balaban J connectivity index is 2.00. The molecule has 2 rings (SSSR count). The maximum Gasteiger partial charge on any atom is 0.338 e. The largest absolute Gasteiger partial charge is 0.456 e. The van der Waals surface area contributed by atoms with Gasteiger partial charge in [0, 0.05) is 24.7 Å². The van der Waals surface area contributed by atoms with Gasteiger partial charge in [-0.15, -0.1) is 12.3 Å². The van der Waals surface area contributed by atoms with Gasteiger partial charge in [-0.25, -0.2) is 4.79 Å². The summed E-state index contributed by atoms with van der Waals surface area (Å²) in [5.41, 5.74) is 1.26. The van der Waals surface area contributed by atoms with E-state index in [9.17, 15) is 4.79 Å². The highest BCUT2D eigenvalue weighted by Crippen LogP contribution is 2.23. The zero-order valence-electron chi connectivity index (χ0n) is 13.1. The summed E-state index contributed by atoms with van der Waals surface area (Å²) in [4.78, 5) is 14.3. The fourth-order valence-electron chi connectivity index (χ4n) is 2.45. The number of nitrogens with zero attached hydrogens (tertiary/aromatic N) is 1. The first-order chi connectivity index (χ1) is 9.89. The molecule has 0 radical (unpaired) electrons. The predicted molar refractivity (Wildman–Crippen MR) is 85.4 cm³/mol. The molecule has 1 saturated heterocycles. The van der Waals surface area contributed by atoms with Crippen molar-refractivity contribution in [3.63, 3.8) is 0 Å². The van der Waals surface area contributed by atoms with Crippen LogP contribution in [-0.2, 0) is 4.74 Å². The lowest BCUT2D eigenvalue weighted by molar-refractivity contribution is 0.00696. The van der Waals surface area contributed by atoms with E-state index in [0.717, 1.165) is 31.6 Å². The Morgan fingerprint density at radius 3 is 2.29 bits per heavy atom. The van der Waals surface area contributed by atoms with Crippen molar-refractivity contribution < 1.29 is 9.53 Å². The predicted octanol–water partition coefficient (Wildman–Crippen LogP) is 3.49. The molecule has 0 amide bonds. The van der Waals surface area contributed by atoms with Gasteiger partial charge in [-0.3, -0.25) is 0 Å². The van der Waals surface area contributed by atoms with Crippen LogP contribution in [0.2, 0.25) is 0 Å². The Kier molecular flexibility index (Phi) is 4.57. The second-order valence-electron chi connectivity index (χ2n) is 6.48. The summed E-state index contributed by atoms with van der Waals surface area (Å²) < 4.78 is 5.36. The number of piperidine rings is 1. The average Bonchev–Trinajstić information content (AvgIpc) is 2.46. The van der Waals surface area contributed by atoms with Gasteiger partial charge in [0.1, 0.15) is 5.60 Å². The molecule has 3 nitrogen and oxygen atoms in total. The normalized spacial score (nSPS) is 16.4. The van der Waals surface area contributed by atoms with E-state index in [4.69, 9.17) is 11.2 Å². The second-order valence-corrected chi connectivity index (χ2v) is 6.48. The van der Waals surface area contributed by atoms with Crippen LogP contribution in [0, 0.1) is 18.3 Å². The van der Waals surface area contributed by atoms with Gasteiger partial charge < -0.3 is 9.64 Å². The van der Waals surface area contributed by atoms with Gasteiger partial charge in [-0.2, -0.15) is 0 Å². The molecule has 21 heavy (non-hydrogen) atoms. The molecule has 0 aliphatic carbocycles. The van der Waals surface area contributed by atoms with E-state index in [1.54, 1.807) is 0 Å². The molecule has 0 N–H and O–H groups in total. The number of ether oxygens (including phenoxy) is 1. The van der Waals surface area contributed by atoms with Gasteiger partial charge in [0.15, 0.2) is 0 Å². The highest BCUT2D eigenvalue weighted by Gasteiger charge is 2.20. The Bertz CT molecular complexity index is 526. The fourth-order valence-corrected chi connectivity index (χ4v) is 2.45. The molecule has 0 bridgehead atoms. The molecule has 1 aliphatic rings. The number of benzene rings is 1. The minimum atomic E-state index is -0.465. The SMILES string of the molecule is C#CC1CCN(c2ccc(C(=O)OC(C)(C)C)cc2)CC1. The molecular weight excluding hydrogens is 262 g/mol. The Morgan fingerprint density at radius 2 is 1.81 bits per heavy atom. The van der Waals surface area contributed by atoms with E-state index >= 15 is 0 Å². The molecular formula is C18H23NO2. The molecule has 0 spiro atoms. The number of esters is 1. The minimum Gasteiger partial charge on any atom is -0.456 e. The van der Waals surface area contributed by atoms with Crippen LogP contribution in [0.5, 0.6) is 0 Å². The van der Waals surface area contributed by atoms with Crippen molar-refractivity contribution in [3.05, 3.63) is 29.8 Å². The van der Waals surface area contributed by atoms with Crippen LogP contribution in [0.4, 0.5) is 5.69 Å². The van der Waals surface area contributed by atoms with Crippen molar-refractivity contribution in [1.82, 2.24) is 0 Å². The Labute approximate surface area is 127 Å². The molecule has 112 valence electrons. The molecule has 1 aromatic rings. The number of carbonyl (C=O) groups excluding carboxylic acids is 1. The summed E-state index contributed by atoms with van der Waals surface area (Å²) >= 11 is 0. The lowest BCUT2D eigenvalue weighted by Crippen LogP contribution is -2.33. The zero-order valence-corrected chi connectivity index (χ0v) is 13.1. The number of rotatable bonds is 2. The highest BCUT2D eigenvalue weighted by atomic mass is 16.6. The average molecular weight is 285 g/mol. The molecule has 0 atom stereocenters. The van der Waals surface area contributed by atoms with E-state index in [1.807, 2.05) is 45.0 Å². The quantitative estimate of drug-likeness (QED) is 0.615. The second kappa shape index (κ2) is 6.22. The van der Waals surface area contributed by atoms with Crippen LogP contribution >= 0.6 is 0 Å². The molecule has 1 fully saturated rings. The molecule has 1 aromatic carbocycles. The molecule has 1 aliphatic heterocycles. The molecule has 1 heterocycles. The maximum atomic E-state index is 12.0. The van der Waals surface area contributed by atoms with Crippen LogP contribution in [0.25, 0.3) is 0 Å². The van der Waals surface area contributed by atoms with Gasteiger partial charge in [0.2, 0.25) is 0 Å². The third kappa shape index (κ3) is 4.26. The molecule has 3 heteroatoms. The molecule has 0 aromatic heterocycles. The van der Waals surface area contributed by atoms with Gasteiger partial charge in [0.05, 0.1) is 5.56 Å². The standard InChI is InChI=1S/C18H23NO2/c1-5-14-10-12-19(13-11-14)16-8-6-15(7-9-16)17(20)21-18(2,3)4/h1,6-9,14H,10-13H2,2-4H3. The van der Waals surface area contributed by atoms with Crippen LogP contribution in [0.3, 0.4) is 0 Å². The van der Waals surface area contributed by atoms with Gasteiger partial charge in [0.25, 0.3) is 0 Å². The van der Waals surface area contributed by atoms with Crippen LogP contribution in [0.15, 0.2) is 24.3 Å². The Hall–Kier alpha value is -1.95. The summed E-state index contributed by atoms with van der Waals surface area (Å²) in [5, 5.41) is 0. The molecule has 0 saturated carbocycles. The first kappa shape index (κ1) is 15.4. The van der Waals surface area contributed by atoms with Crippen molar-refractivity contribution in [2.75, 3.05) is 18.0 Å². The number of terminal acetylenes is 1. The highest BCUT2D eigenvalue weighted by molar-refractivity contribution is 5.90. The number of anilines is 1. The van der Waals surface area contributed by atoms with Gasteiger partial charge in [-0.05, 0) is 57.9 Å². The topological polar surface area (TPSA) is 29.5 Å². The van der Waals surface area contributed by atoms with E-state index in [-0.39, 0.29) is 5.97 Å². The summed E-state index contributed by atoms with van der Waals surface area (Å²) in [6.07, 6.45) is 7.54. The zero-order chi connectivity index (χ0) is 15.5. The first-order valence-corrected chi connectivity index (χ1v) is 7.43. The lowest BCUT2D eigenvalue weighted by atomic mass is 9.97. The van der Waals surface area contributed by atoms with Crippen LogP contribution in [-0.4, -0.2) is 24.7 Å². The summed E-state index contributed by atoms with van der Waals surface area (Å²) in [7, 11) is 0. The Morgan fingerprint density at radius 1 is 1.24 bits per heavy atom. The maximum absolute atomic E-state index is 12.0. The van der Waals surface area contributed by atoms with E-state index in [0.29, 0.717) is 11.5 Å². The fraction of sp³-hybridized carbons (Fsp3) is 0.500. The smallest absolute Gasteiger partial charge is 0.338 e. The van der Waals surface area contributed by atoms with E-state index in [1.165, 1.54) is 0 Å². The number of carbonyl (C=O) groups is 1. The van der Waals surface area contributed by atoms with Gasteiger partial charge in [-0.1, -0.05) is 0 Å². The van der Waals surface area contributed by atoms with E-state index in [2.05, 4.69) is 10.8 Å². The van der Waals surface area contributed by atoms with Gasteiger partial charge >= 0.3 is 5.97 Å². The van der Waals surface area contributed by atoms with E-state index < -0.39 is 5.60 Å².